The van der Waals surface area contributed by atoms with E-state index in [-0.39, 0.29) is 5.54 Å². The van der Waals surface area contributed by atoms with Crippen molar-refractivity contribution in [2.24, 2.45) is 4.99 Å². The van der Waals surface area contributed by atoms with Gasteiger partial charge in [0, 0.05) is 26.8 Å². The Hall–Kier alpha value is -0.550. The molecule has 1 rings (SSSR count). The van der Waals surface area contributed by atoms with E-state index in [9.17, 15) is 0 Å². The first-order chi connectivity index (χ1) is 7.90. The fourth-order valence-corrected chi connectivity index (χ4v) is 2.63. The zero-order chi connectivity index (χ0) is 12.9. The molecule has 96 valence electrons. The van der Waals surface area contributed by atoms with Crippen molar-refractivity contribution in [3.8, 4) is 0 Å². The highest BCUT2D eigenvalue weighted by atomic mass is 79.9. The Kier molecular flexibility index (Phi) is 5.46. The maximum atomic E-state index is 4.57. The van der Waals surface area contributed by atoms with E-state index in [1.165, 1.54) is 4.88 Å². The average molecular weight is 318 g/mol. The highest BCUT2D eigenvalue weighted by Crippen LogP contribution is 2.20. The van der Waals surface area contributed by atoms with Crippen LogP contribution in [0.2, 0.25) is 0 Å². The number of halogens is 1. The van der Waals surface area contributed by atoms with Crippen LogP contribution in [-0.2, 0) is 6.54 Å². The Balaban J connectivity index is 2.63. The molecule has 1 aromatic heterocycles. The normalized spacial score (nSPS) is 12.6. The molecule has 0 saturated heterocycles. The molecule has 0 unspecified atom stereocenters. The van der Waals surface area contributed by atoms with Crippen molar-refractivity contribution in [3.63, 3.8) is 0 Å². The van der Waals surface area contributed by atoms with Gasteiger partial charge in [-0.05, 0) is 49.7 Å². The topological polar surface area (TPSA) is 36.4 Å². The third-order valence-corrected chi connectivity index (χ3v) is 3.53. The largest absolute Gasteiger partial charge is 0.357 e. The number of aliphatic imine (C=N–C) groups is 1. The summed E-state index contributed by atoms with van der Waals surface area (Å²) >= 11 is 5.17. The smallest absolute Gasteiger partial charge is 0.192 e. The molecule has 2 N–H and O–H groups in total. The molecule has 0 spiro atoms. The molecule has 0 atom stereocenters. The van der Waals surface area contributed by atoms with Crippen molar-refractivity contribution >= 4 is 33.2 Å². The quantitative estimate of drug-likeness (QED) is 0.662. The molecule has 0 fully saturated rings. The first-order valence-corrected chi connectivity index (χ1v) is 7.37. The Morgan fingerprint density at radius 1 is 1.47 bits per heavy atom. The van der Waals surface area contributed by atoms with Gasteiger partial charge in [0.05, 0.1) is 6.54 Å². The summed E-state index contributed by atoms with van der Waals surface area (Å²) in [6.45, 7) is 10.0. The maximum absolute atomic E-state index is 4.57. The summed E-state index contributed by atoms with van der Waals surface area (Å²) in [5.41, 5.74) is 0.0248. The van der Waals surface area contributed by atoms with E-state index in [2.05, 4.69) is 70.7 Å². The van der Waals surface area contributed by atoms with Gasteiger partial charge < -0.3 is 10.6 Å². The molecule has 0 saturated carbocycles. The number of guanidine groups is 1. The summed E-state index contributed by atoms with van der Waals surface area (Å²) in [5.74, 6) is 0.865. The van der Waals surface area contributed by atoms with Crippen LogP contribution in [0.3, 0.4) is 0 Å². The van der Waals surface area contributed by atoms with Crippen LogP contribution in [0, 0.1) is 0 Å². The molecule has 1 heterocycles. The molecule has 0 aliphatic heterocycles. The molecule has 1 aromatic rings. The highest BCUT2D eigenvalue weighted by molar-refractivity contribution is 9.10. The van der Waals surface area contributed by atoms with Crippen molar-refractivity contribution in [1.82, 2.24) is 10.6 Å². The minimum absolute atomic E-state index is 0.0248. The molecule has 0 bridgehead atoms. The molecule has 0 aromatic carbocycles. The minimum Gasteiger partial charge on any atom is -0.357 e. The lowest BCUT2D eigenvalue weighted by molar-refractivity contribution is 0.501. The first kappa shape index (κ1) is 14.5. The van der Waals surface area contributed by atoms with Crippen molar-refractivity contribution < 1.29 is 0 Å². The molecular formula is C12H20BrN3S. The molecule has 3 nitrogen and oxygen atoms in total. The van der Waals surface area contributed by atoms with E-state index in [1.807, 2.05) is 0 Å². The SMILES string of the molecule is CCNC(=NCc1cc(Br)cs1)NC(C)(C)C. The Morgan fingerprint density at radius 2 is 2.18 bits per heavy atom. The fourth-order valence-electron chi connectivity index (χ4n) is 1.26. The van der Waals surface area contributed by atoms with Crippen LogP contribution in [0.5, 0.6) is 0 Å². The van der Waals surface area contributed by atoms with Crippen molar-refractivity contribution in [1.29, 1.82) is 0 Å². The first-order valence-electron chi connectivity index (χ1n) is 5.70. The zero-order valence-electron chi connectivity index (χ0n) is 10.8. The van der Waals surface area contributed by atoms with Gasteiger partial charge in [0.2, 0.25) is 0 Å². The van der Waals surface area contributed by atoms with Crippen LogP contribution < -0.4 is 10.6 Å². The van der Waals surface area contributed by atoms with Crippen LogP contribution in [0.15, 0.2) is 20.9 Å². The number of hydrogen-bond donors (Lipinski definition) is 2. The summed E-state index contributed by atoms with van der Waals surface area (Å²) in [5, 5.41) is 8.69. The van der Waals surface area contributed by atoms with Crippen molar-refractivity contribution in [2.45, 2.75) is 39.8 Å². The number of nitrogens with zero attached hydrogens (tertiary/aromatic N) is 1. The molecule has 0 aliphatic carbocycles. The van der Waals surface area contributed by atoms with E-state index in [0.717, 1.165) is 17.0 Å². The number of thiophene rings is 1. The Labute approximate surface area is 116 Å². The van der Waals surface area contributed by atoms with Crippen LogP contribution in [0.1, 0.15) is 32.6 Å². The van der Waals surface area contributed by atoms with E-state index >= 15 is 0 Å². The average Bonchev–Trinajstić information content (AvgIpc) is 2.59. The number of hydrogen-bond acceptors (Lipinski definition) is 2. The molecule has 17 heavy (non-hydrogen) atoms. The molecule has 0 radical (unpaired) electrons. The van der Waals surface area contributed by atoms with Gasteiger partial charge in [0.15, 0.2) is 5.96 Å². The van der Waals surface area contributed by atoms with Crippen LogP contribution in [-0.4, -0.2) is 18.0 Å². The van der Waals surface area contributed by atoms with Gasteiger partial charge in [-0.25, -0.2) is 4.99 Å². The van der Waals surface area contributed by atoms with Crippen molar-refractivity contribution in [2.75, 3.05) is 6.54 Å². The number of rotatable bonds is 3. The summed E-state index contributed by atoms with van der Waals surface area (Å²) < 4.78 is 1.13. The van der Waals surface area contributed by atoms with E-state index in [1.54, 1.807) is 11.3 Å². The molecular weight excluding hydrogens is 298 g/mol. The Morgan fingerprint density at radius 3 is 2.65 bits per heavy atom. The second kappa shape index (κ2) is 6.40. The second-order valence-electron chi connectivity index (χ2n) is 4.80. The fraction of sp³-hybridized carbons (Fsp3) is 0.583. The van der Waals surface area contributed by atoms with Gasteiger partial charge in [-0.2, -0.15) is 0 Å². The van der Waals surface area contributed by atoms with E-state index in [4.69, 9.17) is 0 Å². The Bertz CT molecular complexity index is 379. The minimum atomic E-state index is 0.0248. The number of nitrogens with one attached hydrogen (secondary N) is 2. The summed E-state index contributed by atoms with van der Waals surface area (Å²) in [4.78, 5) is 5.82. The second-order valence-corrected chi connectivity index (χ2v) is 6.71. The van der Waals surface area contributed by atoms with Crippen LogP contribution in [0.25, 0.3) is 0 Å². The van der Waals surface area contributed by atoms with E-state index < -0.39 is 0 Å². The lowest BCUT2D eigenvalue weighted by atomic mass is 10.1. The van der Waals surface area contributed by atoms with Gasteiger partial charge in [0.25, 0.3) is 0 Å². The predicted molar refractivity (Wildman–Crippen MR) is 79.7 cm³/mol. The third-order valence-electron chi connectivity index (χ3n) is 1.85. The predicted octanol–water partition coefficient (Wildman–Crippen LogP) is 3.36. The third kappa shape index (κ3) is 6.07. The van der Waals surface area contributed by atoms with Crippen LogP contribution in [0.4, 0.5) is 0 Å². The molecule has 0 amide bonds. The summed E-state index contributed by atoms with van der Waals surface area (Å²) in [7, 11) is 0. The van der Waals surface area contributed by atoms with Gasteiger partial charge in [-0.15, -0.1) is 11.3 Å². The van der Waals surface area contributed by atoms with Gasteiger partial charge in [-0.3, -0.25) is 0 Å². The summed E-state index contributed by atoms with van der Waals surface area (Å²) in [6, 6.07) is 2.11. The lowest BCUT2D eigenvalue weighted by Crippen LogP contribution is -2.47. The maximum Gasteiger partial charge on any atom is 0.192 e. The van der Waals surface area contributed by atoms with Gasteiger partial charge in [0.1, 0.15) is 0 Å². The van der Waals surface area contributed by atoms with Crippen LogP contribution >= 0.6 is 27.3 Å². The monoisotopic (exact) mass is 317 g/mol. The molecule has 5 heteroatoms. The standard InChI is InChI=1S/C12H20BrN3S/c1-5-14-11(16-12(2,3)4)15-7-10-6-9(13)8-17-10/h6,8H,5,7H2,1-4H3,(H2,14,15,16). The van der Waals surface area contributed by atoms with Gasteiger partial charge >= 0.3 is 0 Å². The lowest BCUT2D eigenvalue weighted by Gasteiger charge is -2.23. The summed E-state index contributed by atoms with van der Waals surface area (Å²) in [6.07, 6.45) is 0. The van der Waals surface area contributed by atoms with E-state index in [0.29, 0.717) is 6.54 Å². The molecule has 0 aliphatic rings. The zero-order valence-corrected chi connectivity index (χ0v) is 13.2. The highest BCUT2D eigenvalue weighted by Gasteiger charge is 2.11. The van der Waals surface area contributed by atoms with Gasteiger partial charge in [-0.1, -0.05) is 0 Å². The van der Waals surface area contributed by atoms with Crippen molar-refractivity contribution in [3.05, 3.63) is 20.8 Å².